The number of hydrogen-bond acceptors (Lipinski definition) is 3. The van der Waals surface area contributed by atoms with Gasteiger partial charge in [0, 0.05) is 11.5 Å². The Morgan fingerprint density at radius 1 is 1.69 bits per heavy atom. The summed E-state index contributed by atoms with van der Waals surface area (Å²) in [5.41, 5.74) is 0.461. The van der Waals surface area contributed by atoms with Crippen molar-refractivity contribution in [3.05, 3.63) is 41.6 Å². The minimum absolute atomic E-state index is 0.144. The number of halogens is 1. The summed E-state index contributed by atoms with van der Waals surface area (Å²) in [6.07, 6.45) is 1.26. The van der Waals surface area contributed by atoms with Crippen LogP contribution in [-0.4, -0.2) is 17.5 Å². The van der Waals surface area contributed by atoms with E-state index in [-0.39, 0.29) is 12.4 Å². The molecule has 0 unspecified atom stereocenters. The maximum Gasteiger partial charge on any atom is 0.168 e. The number of ketones is 1. The fourth-order valence-corrected chi connectivity index (χ4v) is 1.43. The number of aliphatic hydroxyl groups excluding tert-OH is 1. The van der Waals surface area contributed by atoms with Crippen molar-refractivity contribution in [3.63, 3.8) is 0 Å². The Labute approximate surface area is 99.3 Å². The van der Waals surface area contributed by atoms with Crippen LogP contribution in [0.4, 0.5) is 0 Å². The van der Waals surface area contributed by atoms with Crippen LogP contribution < -0.4 is 4.74 Å². The van der Waals surface area contributed by atoms with Crippen LogP contribution in [0.25, 0.3) is 0 Å². The van der Waals surface area contributed by atoms with Gasteiger partial charge in [-0.15, -0.1) is 0 Å². The maximum atomic E-state index is 11.7. The lowest BCUT2D eigenvalue weighted by molar-refractivity contribution is 0.0877. The van der Waals surface area contributed by atoms with Gasteiger partial charge in [0.1, 0.15) is 5.75 Å². The van der Waals surface area contributed by atoms with Gasteiger partial charge in [-0.05, 0) is 18.2 Å². The van der Waals surface area contributed by atoms with Crippen molar-refractivity contribution < 1.29 is 14.6 Å². The molecule has 0 amide bonds. The van der Waals surface area contributed by atoms with E-state index in [1.54, 1.807) is 19.1 Å². The molecule has 1 rings (SSSR count). The Kier molecular flexibility index (Phi) is 4.52. The number of carbonyl (C=O) groups excluding carboxylic acids is 1. The molecule has 0 fully saturated rings. The molecule has 0 heterocycles. The standard InChI is InChI=1S/C12H13ClO3/c1-3-16-11-5-4-9(6-10(11)13)12(15)8(2)7-14/h3-6,8,14H,1,7H2,2H3/t8-/m1/s1. The van der Waals surface area contributed by atoms with Gasteiger partial charge < -0.3 is 9.84 Å². The van der Waals surface area contributed by atoms with Crippen molar-refractivity contribution in [3.8, 4) is 5.75 Å². The molecule has 0 saturated heterocycles. The molecule has 0 radical (unpaired) electrons. The molecule has 3 nitrogen and oxygen atoms in total. The van der Waals surface area contributed by atoms with E-state index in [1.165, 1.54) is 12.3 Å². The highest BCUT2D eigenvalue weighted by Crippen LogP contribution is 2.26. The number of rotatable bonds is 5. The van der Waals surface area contributed by atoms with Crippen LogP contribution in [-0.2, 0) is 0 Å². The first-order valence-corrected chi connectivity index (χ1v) is 5.20. The fourth-order valence-electron chi connectivity index (χ4n) is 1.21. The highest BCUT2D eigenvalue weighted by atomic mass is 35.5. The van der Waals surface area contributed by atoms with Crippen LogP contribution in [0.3, 0.4) is 0 Å². The molecule has 86 valence electrons. The molecule has 0 spiro atoms. The Hall–Kier alpha value is -1.32. The van der Waals surface area contributed by atoms with Crippen LogP contribution in [0, 0.1) is 5.92 Å². The molecule has 0 aliphatic rings. The average Bonchev–Trinajstić information content (AvgIpc) is 2.30. The number of aliphatic hydroxyl groups is 1. The normalized spacial score (nSPS) is 11.9. The van der Waals surface area contributed by atoms with Crippen LogP contribution in [0.2, 0.25) is 5.02 Å². The van der Waals surface area contributed by atoms with Gasteiger partial charge in [-0.2, -0.15) is 0 Å². The van der Waals surface area contributed by atoms with Gasteiger partial charge in [-0.3, -0.25) is 4.79 Å². The maximum absolute atomic E-state index is 11.7. The van der Waals surface area contributed by atoms with E-state index in [0.29, 0.717) is 16.3 Å². The molecular weight excluding hydrogens is 228 g/mol. The fraction of sp³-hybridized carbons (Fsp3) is 0.250. The molecule has 0 bridgehead atoms. The topological polar surface area (TPSA) is 46.5 Å². The third kappa shape index (κ3) is 2.84. The van der Waals surface area contributed by atoms with Gasteiger partial charge in [-0.25, -0.2) is 0 Å². The van der Waals surface area contributed by atoms with Gasteiger partial charge in [0.15, 0.2) is 5.78 Å². The average molecular weight is 241 g/mol. The second kappa shape index (κ2) is 5.68. The SMILES string of the molecule is C=COc1ccc(C(=O)[C@H](C)CO)cc1Cl. The molecule has 0 aliphatic carbocycles. The lowest BCUT2D eigenvalue weighted by Gasteiger charge is -2.08. The summed E-state index contributed by atoms with van der Waals surface area (Å²) in [7, 11) is 0. The van der Waals surface area contributed by atoms with Gasteiger partial charge >= 0.3 is 0 Å². The lowest BCUT2D eigenvalue weighted by atomic mass is 10.0. The minimum atomic E-state index is -0.428. The second-order valence-electron chi connectivity index (χ2n) is 3.38. The molecule has 1 aromatic carbocycles. The highest BCUT2D eigenvalue weighted by molar-refractivity contribution is 6.32. The zero-order valence-electron chi connectivity index (χ0n) is 8.94. The molecule has 1 atom stereocenters. The van der Waals surface area contributed by atoms with Crippen molar-refractivity contribution in [2.75, 3.05) is 6.61 Å². The number of benzene rings is 1. The van der Waals surface area contributed by atoms with E-state index in [1.807, 2.05) is 0 Å². The van der Waals surface area contributed by atoms with E-state index >= 15 is 0 Å². The number of ether oxygens (including phenoxy) is 1. The lowest BCUT2D eigenvalue weighted by Crippen LogP contribution is -2.14. The van der Waals surface area contributed by atoms with E-state index in [9.17, 15) is 4.79 Å². The summed E-state index contributed by atoms with van der Waals surface area (Å²) >= 11 is 5.91. The van der Waals surface area contributed by atoms with E-state index < -0.39 is 5.92 Å². The zero-order chi connectivity index (χ0) is 12.1. The van der Waals surface area contributed by atoms with E-state index in [4.69, 9.17) is 21.4 Å². The monoisotopic (exact) mass is 240 g/mol. The summed E-state index contributed by atoms with van der Waals surface area (Å²) in [5, 5.41) is 9.23. The molecule has 4 heteroatoms. The summed E-state index contributed by atoms with van der Waals surface area (Å²) in [6, 6.07) is 4.73. The first-order chi connectivity index (χ1) is 7.60. The van der Waals surface area contributed by atoms with E-state index in [0.717, 1.165) is 0 Å². The summed E-state index contributed by atoms with van der Waals surface area (Å²) in [5.74, 6) is -0.123. The smallest absolute Gasteiger partial charge is 0.168 e. The number of Topliss-reactive ketones (excluding diaryl/α,β-unsaturated/α-hetero) is 1. The highest BCUT2D eigenvalue weighted by Gasteiger charge is 2.15. The predicted octanol–water partition coefficient (Wildman–Crippen LogP) is 2.67. The zero-order valence-corrected chi connectivity index (χ0v) is 9.70. The largest absolute Gasteiger partial charge is 0.464 e. The predicted molar refractivity (Wildman–Crippen MR) is 62.9 cm³/mol. The molecule has 16 heavy (non-hydrogen) atoms. The molecule has 1 N–H and O–H groups in total. The molecule has 0 aliphatic heterocycles. The first kappa shape index (κ1) is 12.7. The Morgan fingerprint density at radius 2 is 2.38 bits per heavy atom. The Balaban J connectivity index is 2.96. The Morgan fingerprint density at radius 3 is 2.88 bits per heavy atom. The summed E-state index contributed by atoms with van der Waals surface area (Å²) < 4.78 is 5.03. The first-order valence-electron chi connectivity index (χ1n) is 4.82. The van der Waals surface area contributed by atoms with Crippen LogP contribution >= 0.6 is 11.6 Å². The van der Waals surface area contributed by atoms with Gasteiger partial charge in [0.05, 0.1) is 17.9 Å². The van der Waals surface area contributed by atoms with Gasteiger partial charge in [0.2, 0.25) is 0 Å². The van der Waals surface area contributed by atoms with Crippen molar-refractivity contribution in [2.24, 2.45) is 5.92 Å². The molecule has 0 saturated carbocycles. The summed E-state index contributed by atoms with van der Waals surface area (Å²) in [4.78, 5) is 11.7. The number of hydrogen-bond donors (Lipinski definition) is 1. The Bertz CT molecular complexity index is 401. The third-order valence-electron chi connectivity index (χ3n) is 2.15. The van der Waals surface area contributed by atoms with Crippen LogP contribution in [0.15, 0.2) is 31.0 Å². The summed E-state index contributed by atoms with van der Waals surface area (Å²) in [6.45, 7) is 4.89. The van der Waals surface area contributed by atoms with Crippen molar-refractivity contribution in [1.29, 1.82) is 0 Å². The van der Waals surface area contributed by atoms with Crippen LogP contribution in [0.5, 0.6) is 5.75 Å². The number of carbonyl (C=O) groups is 1. The minimum Gasteiger partial charge on any atom is -0.464 e. The van der Waals surface area contributed by atoms with Crippen molar-refractivity contribution in [1.82, 2.24) is 0 Å². The quantitative estimate of drug-likeness (QED) is 0.636. The third-order valence-corrected chi connectivity index (χ3v) is 2.44. The second-order valence-corrected chi connectivity index (χ2v) is 3.78. The van der Waals surface area contributed by atoms with Crippen molar-refractivity contribution in [2.45, 2.75) is 6.92 Å². The van der Waals surface area contributed by atoms with Crippen LogP contribution in [0.1, 0.15) is 17.3 Å². The van der Waals surface area contributed by atoms with Gasteiger partial charge in [0.25, 0.3) is 0 Å². The molecular formula is C12H13ClO3. The molecule has 0 aromatic heterocycles. The molecule has 1 aromatic rings. The van der Waals surface area contributed by atoms with Gasteiger partial charge in [-0.1, -0.05) is 25.1 Å². The van der Waals surface area contributed by atoms with Crippen molar-refractivity contribution >= 4 is 17.4 Å². The van der Waals surface area contributed by atoms with E-state index in [2.05, 4.69) is 6.58 Å².